The van der Waals surface area contributed by atoms with Crippen molar-refractivity contribution >= 4 is 22.2 Å². The van der Waals surface area contributed by atoms with Crippen LogP contribution in [0.3, 0.4) is 0 Å². The molecule has 1 aliphatic carbocycles. The molecule has 0 radical (unpaired) electrons. The first-order valence-corrected chi connectivity index (χ1v) is 12.3. The molecular weight excluding hydrogens is 420 g/mol. The van der Waals surface area contributed by atoms with Crippen LogP contribution in [0.1, 0.15) is 60.0 Å². The Hall–Kier alpha value is -2.84. The maximum Gasteiger partial charge on any atom is 0.257 e. The number of thiophene rings is 1. The van der Waals surface area contributed by atoms with E-state index in [0.717, 1.165) is 41.7 Å². The third-order valence-corrected chi connectivity index (χ3v) is 7.29. The summed E-state index contributed by atoms with van der Waals surface area (Å²) in [5.41, 5.74) is 2.85. The van der Waals surface area contributed by atoms with E-state index in [1.165, 1.54) is 34.6 Å². The van der Waals surface area contributed by atoms with Crippen molar-refractivity contribution in [3.63, 3.8) is 0 Å². The molecule has 1 aromatic carbocycles. The minimum atomic E-state index is -0.0168. The van der Waals surface area contributed by atoms with E-state index in [2.05, 4.69) is 51.0 Å². The fraction of sp³-hybridized carbons (Fsp3) is 0.417. The van der Waals surface area contributed by atoms with E-state index in [0.29, 0.717) is 19.1 Å². The monoisotopic (exact) mass is 449 g/mol. The predicted molar refractivity (Wildman–Crippen MR) is 126 cm³/mol. The fourth-order valence-electron chi connectivity index (χ4n) is 4.78. The van der Waals surface area contributed by atoms with Gasteiger partial charge in [0.1, 0.15) is 19.6 Å². The Bertz CT molecular complexity index is 1240. The lowest BCUT2D eigenvalue weighted by Gasteiger charge is -2.24. The van der Waals surface area contributed by atoms with Crippen LogP contribution in [0.25, 0.3) is 10.9 Å². The summed E-state index contributed by atoms with van der Waals surface area (Å²) in [5, 5.41) is 15.9. The highest BCUT2D eigenvalue weighted by atomic mass is 32.1. The minimum Gasteiger partial charge on any atom is -0.322 e. The average Bonchev–Trinajstić information content (AvgIpc) is 3.47. The smallest absolute Gasteiger partial charge is 0.257 e. The van der Waals surface area contributed by atoms with Gasteiger partial charge in [0.2, 0.25) is 5.82 Å². The number of hydrogen-bond donors (Lipinski definition) is 2. The zero-order chi connectivity index (χ0) is 21.9. The van der Waals surface area contributed by atoms with Gasteiger partial charge in [-0.15, -0.1) is 16.4 Å². The molecule has 0 aliphatic heterocycles. The van der Waals surface area contributed by atoms with E-state index in [-0.39, 0.29) is 5.56 Å². The second-order valence-corrected chi connectivity index (χ2v) is 9.94. The molecule has 0 amide bonds. The van der Waals surface area contributed by atoms with E-state index in [4.69, 9.17) is 0 Å². The summed E-state index contributed by atoms with van der Waals surface area (Å²) in [6, 6.07) is 12.8. The molecule has 8 heteroatoms. The van der Waals surface area contributed by atoms with Crippen molar-refractivity contribution < 1.29 is 4.90 Å². The molecule has 0 spiro atoms. The lowest BCUT2D eigenvalue weighted by atomic mass is 9.95. The summed E-state index contributed by atoms with van der Waals surface area (Å²) in [6.45, 7) is 4.21. The summed E-state index contributed by atoms with van der Waals surface area (Å²) in [6.07, 6.45) is 6.06. The molecule has 1 atom stereocenters. The van der Waals surface area contributed by atoms with E-state index in [1.807, 2.05) is 22.9 Å². The zero-order valence-electron chi connectivity index (χ0n) is 18.4. The number of tetrazole rings is 1. The van der Waals surface area contributed by atoms with Gasteiger partial charge >= 0.3 is 0 Å². The fourth-order valence-corrected chi connectivity index (χ4v) is 5.56. The first kappa shape index (κ1) is 21.0. The number of nitrogens with one attached hydrogen (secondary N) is 2. The number of benzene rings is 1. The van der Waals surface area contributed by atoms with Crippen molar-refractivity contribution in [1.82, 2.24) is 25.2 Å². The Morgan fingerprint density at radius 1 is 1.12 bits per heavy atom. The number of rotatable bonds is 7. The second-order valence-electron chi connectivity index (χ2n) is 8.91. The van der Waals surface area contributed by atoms with Crippen LogP contribution in [-0.2, 0) is 19.6 Å². The second kappa shape index (κ2) is 9.34. The van der Waals surface area contributed by atoms with Gasteiger partial charge in [-0.3, -0.25) is 4.79 Å². The summed E-state index contributed by atoms with van der Waals surface area (Å²) < 4.78 is 2.04. The first-order chi connectivity index (χ1) is 15.7. The van der Waals surface area contributed by atoms with Crippen molar-refractivity contribution in [1.29, 1.82) is 0 Å². The van der Waals surface area contributed by atoms with Gasteiger partial charge in [-0.1, -0.05) is 37.0 Å². The summed E-state index contributed by atoms with van der Waals surface area (Å²) >= 11 is 1.75. The predicted octanol–water partition coefficient (Wildman–Crippen LogP) is 3.18. The molecule has 1 aliphatic rings. The van der Waals surface area contributed by atoms with Gasteiger partial charge in [0.25, 0.3) is 5.56 Å². The topological polar surface area (TPSA) is 80.9 Å². The largest absolute Gasteiger partial charge is 0.322 e. The van der Waals surface area contributed by atoms with Crippen molar-refractivity contribution in [2.24, 2.45) is 0 Å². The minimum absolute atomic E-state index is 0.0168. The Morgan fingerprint density at radius 2 is 2.00 bits per heavy atom. The number of aromatic nitrogens is 5. The Morgan fingerprint density at radius 3 is 2.81 bits per heavy atom. The number of nitrogens with zero attached hydrogens (tertiary/aromatic N) is 4. The standard InChI is InChI=1S/C24H28N6OS/c1-17-9-10-22-18(12-17)13-19(24(31)25-22)14-29(15-21-8-5-11-32-21)16-23-26-27-28-30(23)20-6-3-2-4-7-20/h5,8-13,20H,2-4,6-7,14-16H2,1H3,(H,25,31)/p+1. The van der Waals surface area contributed by atoms with Crippen LogP contribution < -0.4 is 10.5 Å². The number of hydrogen-bond acceptors (Lipinski definition) is 5. The van der Waals surface area contributed by atoms with Gasteiger partial charge in [-0.2, -0.15) is 0 Å². The molecule has 5 rings (SSSR count). The lowest BCUT2D eigenvalue weighted by molar-refractivity contribution is -0.941. The molecule has 7 nitrogen and oxygen atoms in total. The summed E-state index contributed by atoms with van der Waals surface area (Å²) in [7, 11) is 0. The Kier molecular flexibility index (Phi) is 6.14. The van der Waals surface area contributed by atoms with Crippen LogP contribution >= 0.6 is 11.3 Å². The molecule has 3 aromatic heterocycles. The molecule has 32 heavy (non-hydrogen) atoms. The third kappa shape index (κ3) is 4.66. The molecule has 1 unspecified atom stereocenters. The molecule has 1 saturated carbocycles. The first-order valence-electron chi connectivity index (χ1n) is 11.4. The molecule has 1 fully saturated rings. The van der Waals surface area contributed by atoms with Gasteiger partial charge in [0, 0.05) is 5.52 Å². The number of pyridine rings is 1. The molecule has 3 heterocycles. The number of aromatic amines is 1. The number of H-pyrrole nitrogens is 1. The van der Waals surface area contributed by atoms with E-state index >= 15 is 0 Å². The van der Waals surface area contributed by atoms with Crippen LogP contribution in [0.2, 0.25) is 0 Å². The average molecular weight is 450 g/mol. The molecule has 2 N–H and O–H groups in total. The summed E-state index contributed by atoms with van der Waals surface area (Å²) in [5.74, 6) is 0.913. The number of aryl methyl sites for hydroxylation is 1. The molecule has 4 aromatic rings. The highest BCUT2D eigenvalue weighted by Gasteiger charge is 2.24. The maximum atomic E-state index is 12.9. The highest BCUT2D eigenvalue weighted by Crippen LogP contribution is 2.27. The van der Waals surface area contributed by atoms with Gasteiger partial charge < -0.3 is 9.88 Å². The number of quaternary nitrogens is 1. The van der Waals surface area contributed by atoms with Crippen LogP contribution in [0.15, 0.2) is 46.6 Å². The van der Waals surface area contributed by atoms with Crippen molar-refractivity contribution in [3.05, 3.63) is 74.0 Å². The van der Waals surface area contributed by atoms with Crippen LogP contribution in [0.5, 0.6) is 0 Å². The third-order valence-electron chi connectivity index (χ3n) is 6.41. The van der Waals surface area contributed by atoms with Gasteiger partial charge in [-0.25, -0.2) is 4.68 Å². The molecular formula is C24H29N6OS+. The Labute approximate surface area is 191 Å². The highest BCUT2D eigenvalue weighted by molar-refractivity contribution is 7.09. The number of fused-ring (bicyclic) bond motifs is 1. The SMILES string of the molecule is Cc1ccc2[nH]c(=O)c(C[NH+](Cc3cccs3)Cc3nnnn3C3CCCCC3)cc2c1. The van der Waals surface area contributed by atoms with Crippen LogP contribution in [0.4, 0.5) is 0 Å². The van der Waals surface area contributed by atoms with Crippen molar-refractivity contribution in [3.8, 4) is 0 Å². The van der Waals surface area contributed by atoms with Gasteiger partial charge in [-0.05, 0) is 65.2 Å². The Balaban J connectivity index is 1.43. The van der Waals surface area contributed by atoms with Gasteiger partial charge in [0.05, 0.1) is 16.5 Å². The summed E-state index contributed by atoms with van der Waals surface area (Å²) in [4.78, 5) is 18.5. The van der Waals surface area contributed by atoms with E-state index < -0.39 is 0 Å². The van der Waals surface area contributed by atoms with Crippen molar-refractivity contribution in [2.75, 3.05) is 0 Å². The normalized spacial score (nSPS) is 15.9. The van der Waals surface area contributed by atoms with E-state index in [1.54, 1.807) is 11.3 Å². The quantitative estimate of drug-likeness (QED) is 0.454. The van der Waals surface area contributed by atoms with Crippen LogP contribution in [0, 0.1) is 6.92 Å². The van der Waals surface area contributed by atoms with Crippen molar-refractivity contribution in [2.45, 2.75) is 64.7 Å². The van der Waals surface area contributed by atoms with Crippen LogP contribution in [-0.4, -0.2) is 25.2 Å². The molecule has 166 valence electrons. The van der Waals surface area contributed by atoms with Gasteiger partial charge in [0.15, 0.2) is 0 Å². The molecule has 0 saturated heterocycles. The zero-order valence-corrected chi connectivity index (χ0v) is 19.2. The molecule has 0 bridgehead atoms. The van der Waals surface area contributed by atoms with E-state index in [9.17, 15) is 4.79 Å². The maximum absolute atomic E-state index is 12.9. The lowest BCUT2D eigenvalue weighted by Crippen LogP contribution is -3.08.